The lowest BCUT2D eigenvalue weighted by molar-refractivity contribution is -0.141. The first kappa shape index (κ1) is 38.7. The van der Waals surface area contributed by atoms with E-state index in [0.29, 0.717) is 79.9 Å². The number of carbonyl (C=O) groups excluding carboxylic acids is 4. The minimum absolute atomic E-state index is 0.00413. The number of aromatic carboxylic acids is 1. The lowest BCUT2D eigenvalue weighted by Gasteiger charge is -2.17. The van der Waals surface area contributed by atoms with Crippen molar-refractivity contribution in [2.45, 2.75) is 89.9 Å². The second kappa shape index (κ2) is 15.2. The van der Waals surface area contributed by atoms with Gasteiger partial charge in [0.15, 0.2) is 0 Å². The number of esters is 4. The molecule has 0 saturated carbocycles. The molecule has 14 heteroatoms. The van der Waals surface area contributed by atoms with Gasteiger partial charge in [-0.1, -0.05) is 27.7 Å². The van der Waals surface area contributed by atoms with E-state index in [9.17, 15) is 29.1 Å². The number of ether oxygens (including phenoxy) is 4. The van der Waals surface area contributed by atoms with E-state index in [0.717, 1.165) is 0 Å². The third-order valence-electron chi connectivity index (χ3n) is 10.0. The summed E-state index contributed by atoms with van der Waals surface area (Å²) in [6.07, 6.45) is 0.755. The molecule has 0 saturated heterocycles. The molecule has 2 aliphatic rings. The molecule has 0 aromatic carbocycles. The van der Waals surface area contributed by atoms with Crippen molar-refractivity contribution >= 4 is 51.9 Å². The van der Waals surface area contributed by atoms with Gasteiger partial charge in [0.05, 0.1) is 52.7 Å². The van der Waals surface area contributed by atoms with Gasteiger partial charge in [-0.15, -0.1) is 0 Å². The van der Waals surface area contributed by atoms with Crippen molar-refractivity contribution in [3.05, 3.63) is 68.8 Å². The molecule has 0 amide bonds. The molecule has 0 fully saturated rings. The van der Waals surface area contributed by atoms with Crippen LogP contribution in [0.25, 0.3) is 22.1 Å². The summed E-state index contributed by atoms with van der Waals surface area (Å²) in [5.41, 5.74) is 5.35. The van der Waals surface area contributed by atoms with Crippen LogP contribution in [0.2, 0.25) is 0 Å². The Morgan fingerprint density at radius 2 is 0.962 bits per heavy atom. The number of methoxy groups -OCH3 is 4. The topological polar surface area (TPSA) is 200 Å². The molecule has 53 heavy (non-hydrogen) atoms. The Bertz CT molecular complexity index is 2020. The summed E-state index contributed by atoms with van der Waals surface area (Å²) >= 11 is 0. The van der Waals surface area contributed by atoms with Crippen LogP contribution in [0.5, 0.6) is 0 Å². The number of nitrogens with one attached hydrogen (secondary N) is 2. The van der Waals surface area contributed by atoms with Gasteiger partial charge < -0.3 is 34.0 Å². The number of aromatic nitrogens is 4. The van der Waals surface area contributed by atoms with Crippen molar-refractivity contribution in [2.75, 3.05) is 28.4 Å². The number of hydrogen-bond donors (Lipinski definition) is 3. The standard InChI is InChI=1S/C39H46N4O10/c1-38(2)18-28-36(37(48)49)29-19-39(3,4)31(43-29)17-27-23(14-35(47)53-8)21(10-12-33(45)51-6)25(41-27)15-24-20(9-11-32(44)50-5)22(13-34(46)52-7)26(40-24)16-30(38)42-28/h15-17,40-41H,9-14,18-19H2,1-8H3,(H,48,49). The van der Waals surface area contributed by atoms with E-state index in [1.165, 1.54) is 28.4 Å². The summed E-state index contributed by atoms with van der Waals surface area (Å²) in [5, 5.41) is 10.6. The molecule has 0 atom stereocenters. The van der Waals surface area contributed by atoms with E-state index in [1.54, 1.807) is 0 Å². The first-order valence-corrected chi connectivity index (χ1v) is 17.3. The van der Waals surface area contributed by atoms with Crippen molar-refractivity contribution in [3.8, 4) is 0 Å². The molecule has 0 unspecified atom stereocenters. The zero-order chi connectivity index (χ0) is 38.8. The Balaban J connectivity index is 2.04. The van der Waals surface area contributed by atoms with Crippen molar-refractivity contribution in [1.82, 2.24) is 19.9 Å². The van der Waals surface area contributed by atoms with E-state index in [-0.39, 0.29) is 44.1 Å². The third-order valence-corrected chi connectivity index (χ3v) is 10.0. The fourth-order valence-electron chi connectivity index (χ4n) is 7.07. The second-order valence-electron chi connectivity index (χ2n) is 14.6. The predicted molar refractivity (Wildman–Crippen MR) is 194 cm³/mol. The van der Waals surface area contributed by atoms with Gasteiger partial charge in [0.25, 0.3) is 0 Å². The maximum atomic E-state index is 13.0. The molecular weight excluding hydrogens is 684 g/mol. The third kappa shape index (κ3) is 8.11. The molecule has 0 spiro atoms. The molecule has 0 aliphatic carbocycles. The van der Waals surface area contributed by atoms with Crippen LogP contribution in [0, 0.1) is 0 Å². The Hall–Kier alpha value is -5.53. The number of carboxylic acid groups (broad SMARTS) is 1. The van der Waals surface area contributed by atoms with Gasteiger partial charge in [-0.25, -0.2) is 4.79 Å². The minimum atomic E-state index is -1.15. The summed E-state index contributed by atoms with van der Waals surface area (Å²) in [7, 11) is 5.18. The lowest BCUT2D eigenvalue weighted by Crippen LogP contribution is -2.18. The average Bonchev–Trinajstić information content (AvgIpc) is 3.78. The van der Waals surface area contributed by atoms with Crippen LogP contribution in [-0.2, 0) is 87.5 Å². The highest BCUT2D eigenvalue weighted by Crippen LogP contribution is 2.38. The highest BCUT2D eigenvalue weighted by molar-refractivity contribution is 5.91. The molecule has 5 heterocycles. The smallest absolute Gasteiger partial charge is 0.339 e. The average molecular weight is 731 g/mol. The normalized spacial score (nSPS) is 14.3. The highest BCUT2D eigenvalue weighted by atomic mass is 16.5. The van der Waals surface area contributed by atoms with Gasteiger partial charge in [-0.3, -0.25) is 29.1 Å². The Morgan fingerprint density at radius 3 is 1.30 bits per heavy atom. The van der Waals surface area contributed by atoms with Crippen LogP contribution in [-0.4, -0.2) is 83.3 Å². The highest BCUT2D eigenvalue weighted by Gasteiger charge is 2.37. The molecule has 8 bridgehead atoms. The predicted octanol–water partition coefficient (Wildman–Crippen LogP) is 4.70. The van der Waals surface area contributed by atoms with Gasteiger partial charge in [0.1, 0.15) is 5.56 Å². The van der Waals surface area contributed by atoms with Crippen LogP contribution in [0.4, 0.5) is 0 Å². The second-order valence-corrected chi connectivity index (χ2v) is 14.6. The van der Waals surface area contributed by atoms with Gasteiger partial charge >= 0.3 is 29.8 Å². The molecule has 0 radical (unpaired) electrons. The number of fused-ring (bicyclic) bond motifs is 8. The Kier molecular flexibility index (Phi) is 11.1. The van der Waals surface area contributed by atoms with Gasteiger partial charge in [0, 0.05) is 70.0 Å². The van der Waals surface area contributed by atoms with E-state index >= 15 is 0 Å². The maximum Gasteiger partial charge on any atom is 0.339 e. The van der Waals surface area contributed by atoms with Crippen LogP contribution in [0.3, 0.4) is 0 Å². The van der Waals surface area contributed by atoms with Crippen LogP contribution < -0.4 is 0 Å². The first-order valence-electron chi connectivity index (χ1n) is 17.3. The van der Waals surface area contributed by atoms with Crippen molar-refractivity contribution < 1.29 is 48.0 Å². The monoisotopic (exact) mass is 730 g/mol. The zero-order valence-corrected chi connectivity index (χ0v) is 31.4. The number of rotatable bonds is 11. The quantitative estimate of drug-likeness (QED) is 0.182. The molecule has 14 nitrogen and oxygen atoms in total. The number of nitrogens with zero attached hydrogens (tertiary/aromatic N) is 2. The summed E-state index contributed by atoms with van der Waals surface area (Å²) < 4.78 is 20.0. The minimum Gasteiger partial charge on any atom is -0.478 e. The molecule has 5 rings (SSSR count). The van der Waals surface area contributed by atoms with E-state index in [4.69, 9.17) is 28.9 Å². The van der Waals surface area contributed by atoms with E-state index in [2.05, 4.69) is 9.97 Å². The van der Waals surface area contributed by atoms with E-state index in [1.807, 2.05) is 45.9 Å². The van der Waals surface area contributed by atoms with Gasteiger partial charge in [0.2, 0.25) is 0 Å². The number of carbonyl (C=O) groups is 5. The number of aromatic amines is 2. The molecular formula is C39H46N4O10. The number of H-pyrrole nitrogens is 2. The molecule has 3 aromatic heterocycles. The summed E-state index contributed by atoms with van der Waals surface area (Å²) in [4.78, 5) is 80.3. The zero-order valence-electron chi connectivity index (χ0n) is 31.4. The molecule has 3 N–H and O–H groups in total. The fourth-order valence-corrected chi connectivity index (χ4v) is 7.07. The van der Waals surface area contributed by atoms with Crippen molar-refractivity contribution in [3.63, 3.8) is 0 Å². The van der Waals surface area contributed by atoms with Gasteiger partial charge in [-0.05, 0) is 53.3 Å². The molecule has 282 valence electrons. The summed E-state index contributed by atoms with van der Waals surface area (Å²) in [6.45, 7) is 7.89. The first-order chi connectivity index (χ1) is 25.0. The number of hydrogen-bond acceptors (Lipinski definition) is 11. The van der Waals surface area contributed by atoms with Crippen molar-refractivity contribution in [1.29, 1.82) is 0 Å². The Labute approximate surface area is 306 Å². The van der Waals surface area contributed by atoms with Crippen LogP contribution in [0.15, 0.2) is 18.2 Å². The molecule has 3 aromatic rings. The lowest BCUT2D eigenvalue weighted by atomic mass is 9.84. The SMILES string of the molecule is COC(=O)CCc1c(CC(=O)OC)c2cc3nc(c(C(=O)O)c4nc(cc5[nH]c(cc1[nH]2)c(CCC(=O)OC)c5CC(=O)OC)C(C)(C)C4)CC3(C)C. The molecule has 2 aliphatic heterocycles. The number of aryl methyl sites for hydroxylation is 2. The van der Waals surface area contributed by atoms with Crippen LogP contribution in [0.1, 0.15) is 95.9 Å². The fraction of sp³-hybridized carbons (Fsp3) is 0.462. The largest absolute Gasteiger partial charge is 0.478 e. The van der Waals surface area contributed by atoms with Gasteiger partial charge in [-0.2, -0.15) is 0 Å². The summed E-state index contributed by atoms with van der Waals surface area (Å²) in [5.74, 6) is -3.07. The number of carboxylic acids is 1. The summed E-state index contributed by atoms with van der Waals surface area (Å²) in [6, 6.07) is 5.44. The van der Waals surface area contributed by atoms with E-state index < -0.39 is 40.7 Å². The Morgan fingerprint density at radius 1 is 0.604 bits per heavy atom. The maximum absolute atomic E-state index is 13.0. The van der Waals surface area contributed by atoms with Crippen molar-refractivity contribution in [2.24, 2.45) is 0 Å². The van der Waals surface area contributed by atoms with Crippen LogP contribution >= 0.6 is 0 Å².